The average Bonchev–Trinajstić information content (AvgIpc) is 1.61. The molecule has 1 radical (unpaired) electrons. The lowest BCUT2D eigenvalue weighted by Crippen LogP contribution is -2.02. The molecule has 2 heteroatoms. The summed E-state index contributed by atoms with van der Waals surface area (Å²) in [4.78, 5) is 8.79. The van der Waals surface area contributed by atoms with Gasteiger partial charge in [0, 0.05) is 0 Å². The van der Waals surface area contributed by atoms with Crippen LogP contribution < -0.4 is 0 Å². The van der Waals surface area contributed by atoms with Gasteiger partial charge in [0.25, 0.3) is 0 Å². The fourth-order valence-corrected chi connectivity index (χ4v) is 1.30. The lowest BCUT2D eigenvalue weighted by molar-refractivity contribution is 0.571. The van der Waals surface area contributed by atoms with Gasteiger partial charge in [0.1, 0.15) is 0 Å². The maximum absolute atomic E-state index is 8.79. The summed E-state index contributed by atoms with van der Waals surface area (Å²) in [6, 6.07) is 1.06. The van der Waals surface area contributed by atoms with Crippen LogP contribution in [0.15, 0.2) is 0 Å². The number of hydrogen-bond donors (Lipinski definition) is 1. The van der Waals surface area contributed by atoms with Crippen molar-refractivity contribution in [2.75, 3.05) is 0 Å². The lowest BCUT2D eigenvalue weighted by atomic mass is 10.4. The standard InChI is InChI=1S/C5H13OSi/c1-3-4-5-7(2)6/h6H,3-5H2,1-2H3. The highest BCUT2D eigenvalue weighted by Gasteiger charge is 1.95. The van der Waals surface area contributed by atoms with Crippen LogP contribution in [-0.4, -0.2) is 13.8 Å². The van der Waals surface area contributed by atoms with E-state index in [0.717, 1.165) is 6.04 Å². The van der Waals surface area contributed by atoms with Gasteiger partial charge < -0.3 is 4.80 Å². The van der Waals surface area contributed by atoms with E-state index in [-0.39, 0.29) is 0 Å². The molecular formula is C5H13OSi. The van der Waals surface area contributed by atoms with E-state index in [0.29, 0.717) is 0 Å². The SMILES string of the molecule is CCCC[Si](C)O. The van der Waals surface area contributed by atoms with Crippen molar-refractivity contribution in [2.24, 2.45) is 0 Å². The highest BCUT2D eigenvalue weighted by molar-refractivity contribution is 6.48. The Morgan fingerprint density at radius 1 is 1.57 bits per heavy atom. The van der Waals surface area contributed by atoms with Gasteiger partial charge in [0.2, 0.25) is 9.04 Å². The second-order valence-corrected chi connectivity index (χ2v) is 3.81. The van der Waals surface area contributed by atoms with Gasteiger partial charge >= 0.3 is 0 Å². The third-order valence-electron chi connectivity index (χ3n) is 0.892. The molecule has 0 saturated heterocycles. The molecule has 1 N–H and O–H groups in total. The predicted molar refractivity (Wildman–Crippen MR) is 33.6 cm³/mol. The van der Waals surface area contributed by atoms with Crippen molar-refractivity contribution in [1.82, 2.24) is 0 Å². The van der Waals surface area contributed by atoms with Crippen LogP contribution in [0.1, 0.15) is 19.8 Å². The van der Waals surface area contributed by atoms with Crippen LogP contribution in [0.3, 0.4) is 0 Å². The van der Waals surface area contributed by atoms with Crippen LogP contribution >= 0.6 is 0 Å². The summed E-state index contributed by atoms with van der Waals surface area (Å²) in [5.74, 6) is 0. The number of hydrogen-bond acceptors (Lipinski definition) is 1. The number of unbranched alkanes of at least 4 members (excludes halogenated alkanes) is 1. The Morgan fingerprint density at radius 3 is 2.29 bits per heavy atom. The van der Waals surface area contributed by atoms with Crippen LogP contribution in [-0.2, 0) is 0 Å². The minimum Gasteiger partial charge on any atom is -0.432 e. The van der Waals surface area contributed by atoms with Crippen LogP contribution in [0.4, 0.5) is 0 Å². The second kappa shape index (κ2) is 4.34. The lowest BCUT2D eigenvalue weighted by Gasteiger charge is -1.94. The monoisotopic (exact) mass is 117 g/mol. The Labute approximate surface area is 47.1 Å². The summed E-state index contributed by atoms with van der Waals surface area (Å²) in [5.41, 5.74) is 0. The molecule has 0 atom stereocenters. The first-order valence-corrected chi connectivity index (χ1v) is 4.94. The molecule has 0 saturated carbocycles. The first kappa shape index (κ1) is 7.18. The molecular weight excluding hydrogens is 104 g/mol. The Bertz CT molecular complexity index is 37.1. The molecule has 0 spiro atoms. The molecule has 7 heavy (non-hydrogen) atoms. The molecule has 1 nitrogen and oxygen atoms in total. The zero-order chi connectivity index (χ0) is 5.70. The Hall–Kier alpha value is 0.177. The van der Waals surface area contributed by atoms with Gasteiger partial charge in [-0.25, -0.2) is 0 Å². The largest absolute Gasteiger partial charge is 0.432 e. The van der Waals surface area contributed by atoms with E-state index in [4.69, 9.17) is 4.80 Å². The quantitative estimate of drug-likeness (QED) is 0.554. The third kappa shape index (κ3) is 6.18. The van der Waals surface area contributed by atoms with E-state index < -0.39 is 9.04 Å². The van der Waals surface area contributed by atoms with Crippen molar-refractivity contribution in [3.63, 3.8) is 0 Å². The van der Waals surface area contributed by atoms with E-state index in [1.54, 1.807) is 0 Å². The zero-order valence-corrected chi connectivity index (χ0v) is 6.07. The molecule has 0 rings (SSSR count). The molecule has 0 aliphatic rings. The molecule has 43 valence electrons. The summed E-state index contributed by atoms with van der Waals surface area (Å²) in [7, 11) is -0.897. The molecule has 0 aromatic rings. The smallest absolute Gasteiger partial charge is 0.203 e. The fourth-order valence-electron chi connectivity index (χ4n) is 0.433. The van der Waals surface area contributed by atoms with Crippen molar-refractivity contribution in [1.29, 1.82) is 0 Å². The molecule has 0 aromatic carbocycles. The van der Waals surface area contributed by atoms with Crippen LogP contribution in [0.5, 0.6) is 0 Å². The maximum atomic E-state index is 8.79. The molecule has 0 bridgehead atoms. The Balaban J connectivity index is 2.68. The van der Waals surface area contributed by atoms with Crippen LogP contribution in [0, 0.1) is 0 Å². The summed E-state index contributed by atoms with van der Waals surface area (Å²) in [5, 5.41) is 0. The van der Waals surface area contributed by atoms with Gasteiger partial charge in [0.05, 0.1) is 0 Å². The summed E-state index contributed by atoms with van der Waals surface area (Å²) >= 11 is 0. The molecule has 0 amide bonds. The van der Waals surface area contributed by atoms with Gasteiger partial charge in [-0.2, -0.15) is 0 Å². The van der Waals surface area contributed by atoms with Crippen molar-refractivity contribution < 1.29 is 4.80 Å². The van der Waals surface area contributed by atoms with Gasteiger partial charge in [-0.15, -0.1) is 0 Å². The molecule has 0 heterocycles. The third-order valence-corrected chi connectivity index (χ3v) is 1.97. The molecule has 0 fully saturated rings. The fraction of sp³-hybridized carbons (Fsp3) is 1.00. The van der Waals surface area contributed by atoms with Crippen molar-refractivity contribution in [3.05, 3.63) is 0 Å². The first-order valence-electron chi connectivity index (χ1n) is 2.78. The van der Waals surface area contributed by atoms with Gasteiger partial charge in [-0.05, 0) is 12.6 Å². The zero-order valence-electron chi connectivity index (χ0n) is 5.07. The predicted octanol–water partition coefficient (Wildman–Crippen LogP) is 1.40. The van der Waals surface area contributed by atoms with E-state index in [2.05, 4.69) is 6.92 Å². The van der Waals surface area contributed by atoms with Gasteiger partial charge in [-0.1, -0.05) is 19.8 Å². The molecule has 0 aliphatic carbocycles. The minimum absolute atomic E-state index is 0.897. The average molecular weight is 117 g/mol. The van der Waals surface area contributed by atoms with Crippen molar-refractivity contribution >= 4 is 9.04 Å². The minimum atomic E-state index is -0.897. The van der Waals surface area contributed by atoms with Crippen LogP contribution in [0.2, 0.25) is 12.6 Å². The highest BCUT2D eigenvalue weighted by Crippen LogP contribution is 1.96. The summed E-state index contributed by atoms with van der Waals surface area (Å²) < 4.78 is 0. The normalized spacial score (nSPS) is 10.3. The molecule has 0 unspecified atom stereocenters. The van der Waals surface area contributed by atoms with E-state index in [9.17, 15) is 0 Å². The van der Waals surface area contributed by atoms with Crippen molar-refractivity contribution in [3.8, 4) is 0 Å². The maximum Gasteiger partial charge on any atom is 0.203 e. The summed E-state index contributed by atoms with van der Waals surface area (Å²) in [6.45, 7) is 4.07. The Kier molecular flexibility index (Phi) is 4.45. The van der Waals surface area contributed by atoms with Gasteiger partial charge in [-0.3, -0.25) is 0 Å². The number of rotatable bonds is 3. The highest BCUT2D eigenvalue weighted by atomic mass is 28.3. The van der Waals surface area contributed by atoms with Crippen molar-refractivity contribution in [2.45, 2.75) is 32.4 Å². The van der Waals surface area contributed by atoms with E-state index in [1.807, 2.05) is 6.55 Å². The van der Waals surface area contributed by atoms with E-state index in [1.165, 1.54) is 12.8 Å². The molecule has 0 aliphatic heterocycles. The van der Waals surface area contributed by atoms with Gasteiger partial charge in [0.15, 0.2) is 0 Å². The van der Waals surface area contributed by atoms with E-state index >= 15 is 0 Å². The van der Waals surface area contributed by atoms with Crippen LogP contribution in [0.25, 0.3) is 0 Å². The molecule has 0 aromatic heterocycles. The second-order valence-electron chi connectivity index (χ2n) is 1.84. The first-order chi connectivity index (χ1) is 3.27. The summed E-state index contributed by atoms with van der Waals surface area (Å²) in [6.07, 6.45) is 2.41. The topological polar surface area (TPSA) is 20.2 Å². The Morgan fingerprint density at radius 2 is 2.14 bits per heavy atom.